The molecule has 0 aliphatic carbocycles. The highest BCUT2D eigenvalue weighted by atomic mass is 19.4. The molecule has 10 heteroatoms. The highest BCUT2D eigenvalue weighted by molar-refractivity contribution is 5.79. The lowest BCUT2D eigenvalue weighted by atomic mass is 10.1. The van der Waals surface area contributed by atoms with Crippen molar-refractivity contribution in [1.82, 2.24) is 25.2 Å². The lowest BCUT2D eigenvalue weighted by molar-refractivity contribution is -0.138. The van der Waals surface area contributed by atoms with E-state index in [2.05, 4.69) is 25.8 Å². The van der Waals surface area contributed by atoms with Crippen LogP contribution in [-0.4, -0.2) is 34.7 Å². The van der Waals surface area contributed by atoms with Gasteiger partial charge in [0, 0.05) is 19.8 Å². The molecule has 0 atom stereocenters. The second-order valence-electron chi connectivity index (χ2n) is 5.85. The van der Waals surface area contributed by atoms with E-state index in [9.17, 15) is 13.2 Å². The third-order valence-corrected chi connectivity index (χ3v) is 4.09. The maximum atomic E-state index is 13.3. The van der Waals surface area contributed by atoms with Crippen molar-refractivity contribution in [3.63, 3.8) is 0 Å². The summed E-state index contributed by atoms with van der Waals surface area (Å²) in [5, 5.41) is 14.0. The van der Waals surface area contributed by atoms with E-state index >= 15 is 0 Å². The quantitative estimate of drug-likeness (QED) is 0.516. The van der Waals surface area contributed by atoms with Crippen molar-refractivity contribution < 1.29 is 17.9 Å². The molecule has 2 heterocycles. The normalized spacial score (nSPS) is 12.2. The van der Waals surface area contributed by atoms with Gasteiger partial charge >= 0.3 is 6.18 Å². The number of fused-ring (bicyclic) bond motifs is 1. The molecule has 0 amide bonds. The molecule has 0 spiro atoms. The zero-order valence-electron chi connectivity index (χ0n) is 15.3. The van der Waals surface area contributed by atoms with E-state index in [-0.39, 0.29) is 17.9 Å². The number of alkyl halides is 3. The number of aromatic nitrogens is 3. The summed E-state index contributed by atoms with van der Waals surface area (Å²) in [6, 6.07) is 9.39. The van der Waals surface area contributed by atoms with E-state index in [1.165, 1.54) is 26.3 Å². The number of hydrogen-bond donors (Lipinski definition) is 2. The minimum Gasteiger partial charge on any atom is -0.497 e. The van der Waals surface area contributed by atoms with Crippen molar-refractivity contribution in [3.8, 4) is 5.75 Å². The molecule has 0 bridgehead atoms. The van der Waals surface area contributed by atoms with Crippen LogP contribution in [0.2, 0.25) is 0 Å². The Kier molecular flexibility index (Phi) is 5.67. The molecule has 0 unspecified atom stereocenters. The topological polar surface area (TPSA) is 75.8 Å². The fourth-order valence-electron chi connectivity index (χ4n) is 2.67. The van der Waals surface area contributed by atoms with Crippen molar-refractivity contribution in [3.05, 3.63) is 59.5 Å². The van der Waals surface area contributed by atoms with Crippen LogP contribution in [-0.2, 0) is 19.3 Å². The van der Waals surface area contributed by atoms with Gasteiger partial charge in [0.2, 0.25) is 0 Å². The second-order valence-corrected chi connectivity index (χ2v) is 5.85. The largest absolute Gasteiger partial charge is 0.497 e. The molecule has 0 saturated carbocycles. The molecular weight excluding hydrogens is 373 g/mol. The number of rotatable bonds is 5. The van der Waals surface area contributed by atoms with E-state index in [0.717, 1.165) is 6.07 Å². The summed E-state index contributed by atoms with van der Waals surface area (Å²) in [5.74, 6) is 1.15. The maximum Gasteiger partial charge on any atom is 0.416 e. The van der Waals surface area contributed by atoms with Gasteiger partial charge in [-0.25, -0.2) is 0 Å². The van der Waals surface area contributed by atoms with Gasteiger partial charge in [0.25, 0.3) is 0 Å². The van der Waals surface area contributed by atoms with Crippen molar-refractivity contribution in [1.29, 1.82) is 0 Å². The molecule has 28 heavy (non-hydrogen) atoms. The average Bonchev–Trinajstić information content (AvgIpc) is 3.10. The molecule has 1 aromatic carbocycles. The van der Waals surface area contributed by atoms with Gasteiger partial charge in [0.1, 0.15) is 5.75 Å². The number of nitrogens with one attached hydrogen (secondary N) is 2. The van der Waals surface area contributed by atoms with E-state index in [4.69, 9.17) is 4.74 Å². The smallest absolute Gasteiger partial charge is 0.416 e. The molecule has 0 saturated heterocycles. The molecule has 148 valence electrons. The summed E-state index contributed by atoms with van der Waals surface area (Å²) in [5.41, 5.74) is 0.0396. The zero-order valence-corrected chi connectivity index (χ0v) is 15.3. The number of pyridine rings is 1. The van der Waals surface area contributed by atoms with Gasteiger partial charge in [-0.1, -0.05) is 12.1 Å². The number of nitrogens with zero attached hydrogens (tertiary/aromatic N) is 4. The SMILES string of the molecule is CN=C(NCc1ccc(OC)cc1C(F)(F)F)NCc1nnc2ccccn12. The summed E-state index contributed by atoms with van der Waals surface area (Å²) in [7, 11) is 2.86. The van der Waals surface area contributed by atoms with E-state index in [0.29, 0.717) is 24.0 Å². The Morgan fingerprint density at radius 3 is 2.64 bits per heavy atom. The second kappa shape index (κ2) is 8.15. The Hall–Kier alpha value is -3.30. The zero-order chi connectivity index (χ0) is 20.1. The van der Waals surface area contributed by atoms with Crippen LogP contribution in [0.25, 0.3) is 5.65 Å². The highest BCUT2D eigenvalue weighted by Gasteiger charge is 2.33. The van der Waals surface area contributed by atoms with E-state index < -0.39 is 11.7 Å². The standard InChI is InChI=1S/C18H19F3N6O/c1-22-17(24-11-16-26-25-15-5-3-4-8-27(15)16)23-10-12-6-7-13(28-2)9-14(12)18(19,20)21/h3-9H,10-11H2,1-2H3,(H2,22,23,24). The molecule has 2 aromatic heterocycles. The molecule has 0 aliphatic heterocycles. The molecule has 7 nitrogen and oxygen atoms in total. The van der Waals surface area contributed by atoms with Crippen molar-refractivity contribution >= 4 is 11.6 Å². The summed E-state index contributed by atoms with van der Waals surface area (Å²) in [4.78, 5) is 4.04. The lowest BCUT2D eigenvalue weighted by Gasteiger charge is -2.16. The Morgan fingerprint density at radius 1 is 1.14 bits per heavy atom. The molecular formula is C18H19F3N6O. The van der Waals surface area contributed by atoms with Crippen LogP contribution in [0.5, 0.6) is 5.75 Å². The third-order valence-electron chi connectivity index (χ3n) is 4.09. The first-order valence-electron chi connectivity index (χ1n) is 8.39. The van der Waals surface area contributed by atoms with Crippen molar-refractivity contribution in [2.45, 2.75) is 19.3 Å². The Bertz CT molecular complexity index is 983. The van der Waals surface area contributed by atoms with Gasteiger partial charge < -0.3 is 15.4 Å². The van der Waals surface area contributed by atoms with E-state index in [1.54, 1.807) is 0 Å². The summed E-state index contributed by atoms with van der Waals surface area (Å²) < 4.78 is 46.6. The average molecular weight is 392 g/mol. The van der Waals surface area contributed by atoms with Crippen LogP contribution >= 0.6 is 0 Å². The van der Waals surface area contributed by atoms with Crippen LogP contribution < -0.4 is 15.4 Å². The first-order chi connectivity index (χ1) is 13.4. The van der Waals surface area contributed by atoms with Gasteiger partial charge in [-0.15, -0.1) is 10.2 Å². The number of halogens is 3. The summed E-state index contributed by atoms with van der Waals surface area (Å²) in [6.45, 7) is 0.249. The lowest BCUT2D eigenvalue weighted by Crippen LogP contribution is -2.37. The minimum atomic E-state index is -4.48. The van der Waals surface area contributed by atoms with Gasteiger partial charge in [-0.3, -0.25) is 9.39 Å². The number of methoxy groups -OCH3 is 1. The predicted molar refractivity (Wildman–Crippen MR) is 98.0 cm³/mol. The van der Waals surface area contributed by atoms with Crippen molar-refractivity contribution in [2.24, 2.45) is 4.99 Å². The number of hydrogen-bond acceptors (Lipinski definition) is 4. The summed E-state index contributed by atoms with van der Waals surface area (Å²) >= 11 is 0. The number of ether oxygens (including phenoxy) is 1. The fraction of sp³-hybridized carbons (Fsp3) is 0.278. The Balaban J connectivity index is 1.68. The third kappa shape index (κ3) is 4.33. The highest BCUT2D eigenvalue weighted by Crippen LogP contribution is 2.34. The van der Waals surface area contributed by atoms with Gasteiger partial charge in [-0.05, 0) is 29.8 Å². The van der Waals surface area contributed by atoms with Crippen LogP contribution in [0.15, 0.2) is 47.6 Å². The van der Waals surface area contributed by atoms with Crippen LogP contribution in [0.1, 0.15) is 17.0 Å². The van der Waals surface area contributed by atoms with Gasteiger partial charge in [-0.2, -0.15) is 13.2 Å². The van der Waals surface area contributed by atoms with Crippen LogP contribution in [0.4, 0.5) is 13.2 Å². The molecule has 3 aromatic rings. The first-order valence-corrected chi connectivity index (χ1v) is 8.39. The molecule has 0 radical (unpaired) electrons. The maximum absolute atomic E-state index is 13.3. The van der Waals surface area contributed by atoms with Crippen LogP contribution in [0.3, 0.4) is 0 Å². The monoisotopic (exact) mass is 392 g/mol. The number of benzene rings is 1. The van der Waals surface area contributed by atoms with Crippen molar-refractivity contribution in [2.75, 3.05) is 14.2 Å². The first kappa shape index (κ1) is 19.5. The molecule has 3 rings (SSSR count). The molecule has 2 N–H and O–H groups in total. The van der Waals surface area contributed by atoms with E-state index in [1.807, 2.05) is 28.8 Å². The van der Waals surface area contributed by atoms with Gasteiger partial charge in [0.05, 0.1) is 19.2 Å². The number of guanidine groups is 1. The predicted octanol–water partition coefficient (Wildman–Crippen LogP) is 2.62. The fourth-order valence-corrected chi connectivity index (χ4v) is 2.67. The van der Waals surface area contributed by atoms with Crippen LogP contribution in [0, 0.1) is 0 Å². The summed E-state index contributed by atoms with van der Waals surface area (Å²) in [6.07, 6.45) is -2.65. The Morgan fingerprint density at radius 2 is 1.93 bits per heavy atom. The molecule has 0 fully saturated rings. The molecule has 0 aliphatic rings. The minimum absolute atomic E-state index is 0.0565. The Labute approximate surface area is 159 Å². The van der Waals surface area contributed by atoms with Gasteiger partial charge in [0.15, 0.2) is 17.4 Å². The number of aliphatic imine (C=N–C) groups is 1.